The number of rotatable bonds is 6. The van der Waals surface area contributed by atoms with Gasteiger partial charge in [0, 0.05) is 47.5 Å². The lowest BCUT2D eigenvalue weighted by Gasteiger charge is -2.35. The molecule has 156 valence electrons. The summed E-state index contributed by atoms with van der Waals surface area (Å²) in [4.78, 5) is 19.3. The van der Waals surface area contributed by atoms with Crippen LogP contribution in [0.4, 0.5) is 11.4 Å². The summed E-state index contributed by atoms with van der Waals surface area (Å²) in [5, 5.41) is 10.1. The van der Waals surface area contributed by atoms with Crippen molar-refractivity contribution in [1.29, 1.82) is 0 Å². The van der Waals surface area contributed by atoms with Gasteiger partial charge in [0.1, 0.15) is 5.01 Å². The normalized spacial score (nSPS) is 19.4. The van der Waals surface area contributed by atoms with Crippen LogP contribution in [0.2, 0.25) is 0 Å². The van der Waals surface area contributed by atoms with Crippen LogP contribution in [-0.2, 0) is 4.79 Å². The fourth-order valence-corrected chi connectivity index (χ4v) is 5.30. The first-order chi connectivity index (χ1) is 14.1. The van der Waals surface area contributed by atoms with Gasteiger partial charge in [0.05, 0.1) is 6.04 Å². The Morgan fingerprint density at radius 3 is 2.45 bits per heavy atom. The number of piperidine rings is 1. The summed E-state index contributed by atoms with van der Waals surface area (Å²) in [6.07, 6.45) is 6.71. The highest BCUT2D eigenvalue weighted by atomic mass is 32.1. The fourth-order valence-electron chi connectivity index (χ4n) is 4.49. The van der Waals surface area contributed by atoms with Gasteiger partial charge in [-0.2, -0.15) is 0 Å². The molecule has 1 atom stereocenters. The van der Waals surface area contributed by atoms with Gasteiger partial charge in [0.15, 0.2) is 0 Å². The van der Waals surface area contributed by atoms with E-state index in [0.717, 1.165) is 50.2 Å². The third-order valence-electron chi connectivity index (χ3n) is 6.21. The van der Waals surface area contributed by atoms with Gasteiger partial charge < -0.3 is 15.5 Å². The highest BCUT2D eigenvalue weighted by Gasteiger charge is 2.24. The smallest absolute Gasteiger partial charge is 0.227 e. The molecular weight excluding hydrogens is 380 g/mol. The molecule has 4 rings (SSSR count). The number of hydrogen-bond acceptors (Lipinski definition) is 5. The topological polar surface area (TPSA) is 57.3 Å². The predicted molar refractivity (Wildman–Crippen MR) is 121 cm³/mol. The highest BCUT2D eigenvalue weighted by molar-refractivity contribution is 7.09. The zero-order valence-electron chi connectivity index (χ0n) is 17.5. The number of amides is 1. The highest BCUT2D eigenvalue weighted by Crippen LogP contribution is 2.27. The van der Waals surface area contributed by atoms with E-state index in [-0.39, 0.29) is 11.8 Å². The summed E-state index contributed by atoms with van der Waals surface area (Å²) in [6.45, 7) is 6.37. The molecule has 1 aliphatic heterocycles. The number of anilines is 2. The van der Waals surface area contributed by atoms with E-state index in [2.05, 4.69) is 51.9 Å². The Morgan fingerprint density at radius 1 is 1.14 bits per heavy atom. The maximum Gasteiger partial charge on any atom is 0.227 e. The average molecular weight is 413 g/mol. The summed E-state index contributed by atoms with van der Waals surface area (Å²) >= 11 is 1.74. The van der Waals surface area contributed by atoms with Crippen molar-refractivity contribution in [3.05, 3.63) is 40.3 Å². The first-order valence-electron chi connectivity index (χ1n) is 10.9. The molecule has 2 aliphatic rings. The quantitative estimate of drug-likeness (QED) is 0.708. The van der Waals surface area contributed by atoms with Crippen LogP contribution in [0.15, 0.2) is 29.6 Å². The van der Waals surface area contributed by atoms with Gasteiger partial charge in [-0.3, -0.25) is 4.79 Å². The first-order valence-corrected chi connectivity index (χ1v) is 11.8. The minimum absolute atomic E-state index is 0.187. The maximum absolute atomic E-state index is 12.3. The van der Waals surface area contributed by atoms with Gasteiger partial charge in [-0.15, -0.1) is 11.3 Å². The minimum atomic E-state index is 0.187. The molecule has 1 saturated carbocycles. The molecular formula is C23H32N4OS. The van der Waals surface area contributed by atoms with Crippen molar-refractivity contribution in [2.45, 2.75) is 64.5 Å². The monoisotopic (exact) mass is 412 g/mol. The molecule has 1 amide bonds. The van der Waals surface area contributed by atoms with Crippen LogP contribution in [0.3, 0.4) is 0 Å². The third kappa shape index (κ3) is 5.17. The lowest BCUT2D eigenvalue weighted by molar-refractivity contribution is -0.119. The third-order valence-corrected chi connectivity index (χ3v) is 7.36. The summed E-state index contributed by atoms with van der Waals surface area (Å²) in [5.41, 5.74) is 3.26. The van der Waals surface area contributed by atoms with E-state index in [0.29, 0.717) is 12.1 Å². The Hall–Kier alpha value is -1.92. The lowest BCUT2D eigenvalue weighted by Crippen LogP contribution is -2.43. The number of aromatic nitrogens is 1. The number of aryl methyl sites for hydroxylation is 1. The maximum atomic E-state index is 12.3. The minimum Gasteiger partial charge on any atom is -0.371 e. The Labute approximate surface area is 177 Å². The number of carbonyl (C=O) groups is 1. The Bertz CT molecular complexity index is 805. The number of nitrogens with one attached hydrogen (secondary N) is 2. The molecule has 1 saturated heterocycles. The molecule has 1 aromatic heterocycles. The second-order valence-corrected chi connectivity index (χ2v) is 9.38. The molecule has 1 unspecified atom stereocenters. The van der Waals surface area contributed by atoms with Crippen LogP contribution in [0.25, 0.3) is 0 Å². The standard InChI is InChI=1S/C23H32N4OS/c1-16-15-29-23(24-16)17(2)25-20-11-13-27(14-12-20)21-9-7-19(8-10-21)26-22(28)18-5-3-4-6-18/h7-10,15,17-18,20,25H,3-6,11-14H2,1-2H3,(H,26,28). The summed E-state index contributed by atoms with van der Waals surface area (Å²) < 4.78 is 0. The van der Waals surface area contributed by atoms with E-state index in [4.69, 9.17) is 0 Å². The number of nitrogens with zero attached hydrogens (tertiary/aromatic N) is 2. The van der Waals surface area contributed by atoms with Crippen LogP contribution in [0, 0.1) is 12.8 Å². The van der Waals surface area contributed by atoms with Crippen molar-refractivity contribution >= 4 is 28.6 Å². The van der Waals surface area contributed by atoms with E-state index < -0.39 is 0 Å². The molecule has 29 heavy (non-hydrogen) atoms. The number of hydrogen-bond donors (Lipinski definition) is 2. The molecule has 2 aromatic rings. The second kappa shape index (κ2) is 9.26. The van der Waals surface area contributed by atoms with Crippen LogP contribution < -0.4 is 15.5 Å². The molecule has 0 radical (unpaired) electrons. The molecule has 1 aromatic carbocycles. The molecule has 5 nitrogen and oxygen atoms in total. The van der Waals surface area contributed by atoms with Gasteiger partial charge in [0.25, 0.3) is 0 Å². The van der Waals surface area contributed by atoms with Crippen molar-refractivity contribution < 1.29 is 4.79 Å². The van der Waals surface area contributed by atoms with Crippen molar-refractivity contribution in [3.63, 3.8) is 0 Å². The molecule has 2 N–H and O–H groups in total. The van der Waals surface area contributed by atoms with Crippen LogP contribution in [-0.4, -0.2) is 30.0 Å². The molecule has 2 heterocycles. The Morgan fingerprint density at radius 2 is 1.83 bits per heavy atom. The fraction of sp³-hybridized carbons (Fsp3) is 0.565. The summed E-state index contributed by atoms with van der Waals surface area (Å²) in [6, 6.07) is 9.21. The lowest BCUT2D eigenvalue weighted by atomic mass is 10.0. The molecule has 1 aliphatic carbocycles. The van der Waals surface area contributed by atoms with Crippen LogP contribution in [0.1, 0.15) is 62.2 Å². The van der Waals surface area contributed by atoms with Gasteiger partial charge in [-0.1, -0.05) is 12.8 Å². The van der Waals surface area contributed by atoms with E-state index in [9.17, 15) is 4.79 Å². The van der Waals surface area contributed by atoms with E-state index >= 15 is 0 Å². The summed E-state index contributed by atoms with van der Waals surface area (Å²) in [7, 11) is 0. The SMILES string of the molecule is Cc1csc(C(C)NC2CCN(c3ccc(NC(=O)C4CCCC4)cc3)CC2)n1. The van der Waals surface area contributed by atoms with Gasteiger partial charge in [-0.05, 0) is 63.8 Å². The van der Waals surface area contributed by atoms with Crippen molar-refractivity contribution in [3.8, 4) is 0 Å². The molecule has 6 heteroatoms. The number of carbonyl (C=O) groups excluding carboxylic acids is 1. The van der Waals surface area contributed by atoms with Crippen molar-refractivity contribution in [1.82, 2.24) is 10.3 Å². The summed E-state index contributed by atoms with van der Waals surface area (Å²) in [5.74, 6) is 0.392. The van der Waals surface area contributed by atoms with Gasteiger partial charge >= 0.3 is 0 Å². The van der Waals surface area contributed by atoms with Gasteiger partial charge in [-0.25, -0.2) is 4.98 Å². The molecule has 0 spiro atoms. The van der Waals surface area contributed by atoms with E-state index in [1.54, 1.807) is 11.3 Å². The predicted octanol–water partition coefficient (Wildman–Crippen LogP) is 4.90. The Kier molecular flexibility index (Phi) is 6.50. The second-order valence-electron chi connectivity index (χ2n) is 8.49. The van der Waals surface area contributed by atoms with E-state index in [1.165, 1.54) is 23.5 Å². The van der Waals surface area contributed by atoms with Crippen molar-refractivity contribution in [2.24, 2.45) is 5.92 Å². The van der Waals surface area contributed by atoms with E-state index in [1.807, 2.05) is 12.1 Å². The Balaban J connectivity index is 1.25. The number of thiazole rings is 1. The first kappa shape index (κ1) is 20.4. The molecule has 2 fully saturated rings. The van der Waals surface area contributed by atoms with Crippen LogP contribution in [0.5, 0.6) is 0 Å². The van der Waals surface area contributed by atoms with Crippen LogP contribution >= 0.6 is 11.3 Å². The molecule has 0 bridgehead atoms. The largest absolute Gasteiger partial charge is 0.371 e. The number of benzene rings is 1. The van der Waals surface area contributed by atoms with Crippen molar-refractivity contribution in [2.75, 3.05) is 23.3 Å². The zero-order chi connectivity index (χ0) is 20.2. The zero-order valence-corrected chi connectivity index (χ0v) is 18.3. The van der Waals surface area contributed by atoms with Gasteiger partial charge in [0.2, 0.25) is 5.91 Å². The average Bonchev–Trinajstić information content (AvgIpc) is 3.41.